The maximum atomic E-state index is 12.9. The van der Waals surface area contributed by atoms with Gasteiger partial charge >= 0.3 is 0 Å². The Morgan fingerprint density at radius 3 is 2.75 bits per heavy atom. The molecular formula is C17H21FN2O4. The Morgan fingerprint density at radius 1 is 1.46 bits per heavy atom. The van der Waals surface area contributed by atoms with Crippen molar-refractivity contribution in [1.29, 1.82) is 5.41 Å². The normalized spacial score (nSPS) is 17.7. The lowest BCUT2D eigenvalue weighted by molar-refractivity contribution is -0.132. The number of likely N-dealkylation sites (tertiary alicyclic amines) is 1. The van der Waals surface area contributed by atoms with E-state index < -0.39 is 5.97 Å². The molecule has 1 fully saturated rings. The van der Waals surface area contributed by atoms with Gasteiger partial charge in [0.25, 0.3) is 5.91 Å². The predicted molar refractivity (Wildman–Crippen MR) is 86.5 cm³/mol. The molecule has 1 aliphatic rings. The SMILES string of the molecule is C/C=C(/OC1CCN(C(=O)COc2ccc(CO)cc2)C1)C(=N)F. The lowest BCUT2D eigenvalue weighted by Crippen LogP contribution is -2.34. The van der Waals surface area contributed by atoms with Crippen LogP contribution < -0.4 is 4.74 Å². The van der Waals surface area contributed by atoms with Crippen LogP contribution in [0.5, 0.6) is 5.75 Å². The number of carbonyl (C=O) groups excluding carboxylic acids is 1. The van der Waals surface area contributed by atoms with Gasteiger partial charge in [0.05, 0.1) is 13.2 Å². The zero-order chi connectivity index (χ0) is 17.5. The standard InChI is InChI=1S/C17H21FN2O4/c1-2-15(17(18)19)24-14-7-8-20(9-14)16(22)11-23-13-5-3-12(10-21)4-6-13/h2-6,14,19,21H,7-11H2,1H3/b15-2+,19-17?. The highest BCUT2D eigenvalue weighted by atomic mass is 19.1. The fourth-order valence-corrected chi connectivity index (χ4v) is 2.40. The van der Waals surface area contributed by atoms with E-state index in [2.05, 4.69) is 0 Å². The number of rotatable bonds is 7. The molecule has 1 amide bonds. The Balaban J connectivity index is 1.80. The largest absolute Gasteiger partial charge is 0.484 e. The molecule has 0 radical (unpaired) electrons. The average Bonchev–Trinajstić information content (AvgIpc) is 3.06. The third kappa shape index (κ3) is 4.79. The molecule has 1 atom stereocenters. The molecule has 0 aromatic heterocycles. The van der Waals surface area contributed by atoms with E-state index in [0.717, 1.165) is 5.56 Å². The monoisotopic (exact) mass is 336 g/mol. The summed E-state index contributed by atoms with van der Waals surface area (Å²) in [6.45, 7) is 2.31. The molecular weight excluding hydrogens is 315 g/mol. The van der Waals surface area contributed by atoms with Crippen LogP contribution in [0.25, 0.3) is 0 Å². The number of nitrogens with one attached hydrogen (secondary N) is 1. The second-order valence-electron chi connectivity index (χ2n) is 5.43. The van der Waals surface area contributed by atoms with Gasteiger partial charge in [-0.2, -0.15) is 4.39 Å². The van der Waals surface area contributed by atoms with Gasteiger partial charge in [-0.05, 0) is 30.7 Å². The summed E-state index contributed by atoms with van der Waals surface area (Å²) in [7, 11) is 0. The van der Waals surface area contributed by atoms with Gasteiger partial charge in [-0.3, -0.25) is 10.2 Å². The van der Waals surface area contributed by atoms with E-state index in [-0.39, 0.29) is 31.0 Å². The minimum absolute atomic E-state index is 0.0427. The number of allylic oxidation sites excluding steroid dienone is 2. The van der Waals surface area contributed by atoms with Gasteiger partial charge in [-0.15, -0.1) is 0 Å². The number of aliphatic hydroxyl groups excluding tert-OH is 1. The van der Waals surface area contributed by atoms with Gasteiger partial charge in [-0.25, -0.2) is 0 Å². The highest BCUT2D eigenvalue weighted by Crippen LogP contribution is 2.18. The maximum Gasteiger partial charge on any atom is 0.260 e. The van der Waals surface area contributed by atoms with Crippen LogP contribution in [0.3, 0.4) is 0 Å². The third-order valence-corrected chi connectivity index (χ3v) is 3.74. The van der Waals surface area contributed by atoms with E-state index in [1.54, 1.807) is 36.1 Å². The molecule has 0 spiro atoms. The number of nitrogens with zero attached hydrogens (tertiary/aromatic N) is 1. The fraction of sp³-hybridized carbons (Fsp3) is 0.412. The summed E-state index contributed by atoms with van der Waals surface area (Å²) in [6, 6.07) is 6.84. The number of amides is 1. The summed E-state index contributed by atoms with van der Waals surface area (Å²) in [5, 5.41) is 15.9. The van der Waals surface area contributed by atoms with Gasteiger partial charge < -0.3 is 19.5 Å². The molecule has 0 bridgehead atoms. The van der Waals surface area contributed by atoms with Crippen molar-refractivity contribution in [1.82, 2.24) is 4.90 Å². The second kappa shape index (κ2) is 8.44. The van der Waals surface area contributed by atoms with Crippen molar-refractivity contribution in [2.75, 3.05) is 19.7 Å². The van der Waals surface area contributed by atoms with Crippen LogP contribution in [0.15, 0.2) is 36.1 Å². The summed E-state index contributed by atoms with van der Waals surface area (Å²) >= 11 is 0. The van der Waals surface area contributed by atoms with Crippen molar-refractivity contribution in [3.63, 3.8) is 0 Å². The van der Waals surface area contributed by atoms with Gasteiger partial charge in [0.2, 0.25) is 5.97 Å². The van der Waals surface area contributed by atoms with Crippen LogP contribution in [0.2, 0.25) is 0 Å². The van der Waals surface area contributed by atoms with Crippen molar-refractivity contribution in [3.05, 3.63) is 41.7 Å². The number of halogens is 1. The number of benzene rings is 1. The smallest absolute Gasteiger partial charge is 0.260 e. The summed E-state index contributed by atoms with van der Waals surface area (Å²) < 4.78 is 23.7. The first kappa shape index (κ1) is 17.9. The molecule has 0 saturated carbocycles. The van der Waals surface area contributed by atoms with Gasteiger partial charge in [0.1, 0.15) is 11.9 Å². The Hall–Kier alpha value is -2.41. The lowest BCUT2D eigenvalue weighted by atomic mass is 10.2. The van der Waals surface area contributed by atoms with Crippen molar-refractivity contribution >= 4 is 11.9 Å². The molecule has 1 aromatic carbocycles. The van der Waals surface area contributed by atoms with E-state index in [0.29, 0.717) is 25.3 Å². The second-order valence-corrected chi connectivity index (χ2v) is 5.43. The first-order valence-corrected chi connectivity index (χ1v) is 7.71. The molecule has 6 nitrogen and oxygen atoms in total. The highest BCUT2D eigenvalue weighted by Gasteiger charge is 2.28. The molecule has 0 aliphatic carbocycles. The van der Waals surface area contributed by atoms with Crippen LogP contribution in [0.1, 0.15) is 18.9 Å². The quantitative estimate of drug-likeness (QED) is 0.589. The first-order valence-electron chi connectivity index (χ1n) is 7.71. The highest BCUT2D eigenvalue weighted by molar-refractivity contribution is 5.87. The van der Waals surface area contributed by atoms with E-state index in [4.69, 9.17) is 20.0 Å². The van der Waals surface area contributed by atoms with Crippen molar-refractivity contribution in [3.8, 4) is 5.75 Å². The van der Waals surface area contributed by atoms with E-state index in [9.17, 15) is 9.18 Å². The number of hydrogen-bond donors (Lipinski definition) is 2. The zero-order valence-corrected chi connectivity index (χ0v) is 13.5. The Kier molecular flexibility index (Phi) is 6.31. The summed E-state index contributed by atoms with van der Waals surface area (Å²) in [6.07, 6.45) is 1.66. The molecule has 1 aliphatic heterocycles. The molecule has 1 heterocycles. The average molecular weight is 336 g/mol. The molecule has 1 aromatic rings. The number of carbonyl (C=O) groups is 1. The summed E-state index contributed by atoms with van der Waals surface area (Å²) in [5.41, 5.74) is 0.770. The van der Waals surface area contributed by atoms with Crippen molar-refractivity contribution in [2.24, 2.45) is 0 Å². The van der Waals surface area contributed by atoms with Crippen molar-refractivity contribution in [2.45, 2.75) is 26.1 Å². The van der Waals surface area contributed by atoms with Gasteiger partial charge in [-0.1, -0.05) is 12.1 Å². The fourth-order valence-electron chi connectivity index (χ4n) is 2.40. The molecule has 1 saturated heterocycles. The molecule has 24 heavy (non-hydrogen) atoms. The Morgan fingerprint density at radius 2 is 2.17 bits per heavy atom. The minimum Gasteiger partial charge on any atom is -0.484 e. The van der Waals surface area contributed by atoms with Crippen molar-refractivity contribution < 1.29 is 23.8 Å². The molecule has 1 unspecified atom stereocenters. The minimum atomic E-state index is -1.11. The van der Waals surface area contributed by atoms with Crippen LogP contribution in [-0.2, 0) is 16.1 Å². The van der Waals surface area contributed by atoms with E-state index >= 15 is 0 Å². The van der Waals surface area contributed by atoms with Crippen LogP contribution in [0, 0.1) is 5.41 Å². The third-order valence-electron chi connectivity index (χ3n) is 3.74. The summed E-state index contributed by atoms with van der Waals surface area (Å²) in [4.78, 5) is 13.8. The van der Waals surface area contributed by atoms with Crippen LogP contribution >= 0.6 is 0 Å². The van der Waals surface area contributed by atoms with E-state index in [1.807, 2.05) is 0 Å². The van der Waals surface area contributed by atoms with Gasteiger partial charge in [0, 0.05) is 13.0 Å². The maximum absolute atomic E-state index is 12.9. The van der Waals surface area contributed by atoms with Crippen LogP contribution in [-0.4, -0.2) is 47.7 Å². The molecule has 2 rings (SSSR count). The molecule has 130 valence electrons. The number of ether oxygens (including phenoxy) is 2. The van der Waals surface area contributed by atoms with E-state index in [1.165, 1.54) is 6.08 Å². The number of hydrogen-bond acceptors (Lipinski definition) is 5. The van der Waals surface area contributed by atoms with Gasteiger partial charge in [0.15, 0.2) is 12.4 Å². The summed E-state index contributed by atoms with van der Waals surface area (Å²) in [5.74, 6) is -0.842. The first-order chi connectivity index (χ1) is 11.5. The predicted octanol–water partition coefficient (Wildman–Crippen LogP) is 2.03. The van der Waals surface area contributed by atoms with Crippen LogP contribution in [0.4, 0.5) is 4.39 Å². The molecule has 7 heteroatoms. The number of aliphatic hydroxyl groups is 1. The topological polar surface area (TPSA) is 82.8 Å². The molecule has 2 N–H and O–H groups in total. The lowest BCUT2D eigenvalue weighted by Gasteiger charge is -2.18. The Bertz CT molecular complexity index is 616. The zero-order valence-electron chi connectivity index (χ0n) is 13.5. The Labute approximate surface area is 140 Å².